The van der Waals surface area contributed by atoms with Crippen LogP contribution in [0.5, 0.6) is 0 Å². The summed E-state index contributed by atoms with van der Waals surface area (Å²) < 4.78 is 38.6. The van der Waals surface area contributed by atoms with E-state index in [9.17, 15) is 28.1 Å². The normalized spacial score (nSPS) is 11.6. The summed E-state index contributed by atoms with van der Waals surface area (Å²) in [5.74, 6) is -0.274. The first-order valence-corrected chi connectivity index (χ1v) is 7.85. The largest absolute Gasteiger partial charge is 0.406 e. The van der Waals surface area contributed by atoms with Crippen molar-refractivity contribution in [1.82, 2.24) is 14.5 Å². The second-order valence-corrected chi connectivity index (χ2v) is 6.06. The van der Waals surface area contributed by atoms with E-state index < -0.39 is 23.6 Å². The number of hydrogen-bond acceptors (Lipinski definition) is 5. The van der Waals surface area contributed by atoms with Gasteiger partial charge in [-0.2, -0.15) is 13.2 Å². The maximum Gasteiger partial charge on any atom is 0.406 e. The molecule has 27 heavy (non-hydrogen) atoms. The van der Waals surface area contributed by atoms with Gasteiger partial charge in [0.2, 0.25) is 5.91 Å². The second-order valence-electron chi connectivity index (χ2n) is 6.06. The molecule has 0 aliphatic carbocycles. The van der Waals surface area contributed by atoms with Crippen LogP contribution in [0.25, 0.3) is 0 Å². The number of nitrogens with one attached hydrogen (secondary N) is 1. The van der Waals surface area contributed by atoms with Gasteiger partial charge >= 0.3 is 6.18 Å². The summed E-state index contributed by atoms with van der Waals surface area (Å²) in [7, 11) is 1.56. The van der Waals surface area contributed by atoms with Crippen LogP contribution in [-0.2, 0) is 17.9 Å². The van der Waals surface area contributed by atoms with E-state index in [0.29, 0.717) is 11.3 Å². The van der Waals surface area contributed by atoms with Crippen LogP contribution in [0.1, 0.15) is 11.4 Å². The number of aryl methyl sites for hydroxylation is 1. The number of carbonyl (C=O) groups is 1. The fraction of sp³-hybridized carbons (Fsp3) is 0.375. The summed E-state index contributed by atoms with van der Waals surface area (Å²) in [5.41, 5.74) is 0.803. The van der Waals surface area contributed by atoms with Gasteiger partial charge in [-0.3, -0.25) is 19.8 Å². The molecule has 1 aromatic heterocycles. The lowest BCUT2D eigenvalue weighted by Gasteiger charge is -2.18. The van der Waals surface area contributed by atoms with Crippen molar-refractivity contribution in [3.8, 4) is 0 Å². The molecule has 1 aromatic carbocycles. The number of hydrogen-bond donors (Lipinski definition) is 1. The number of nitrogens with zero attached hydrogens (tertiary/aromatic N) is 4. The standard InChI is InChI=1S/C16H18F3N5O3/c1-11-3-4-12(24(26)27)7-13(11)21-15(25)9-22(2)8-14-20-5-6-23(14)10-16(17,18)19/h3-7H,8-10H2,1-2H3,(H,21,25). The van der Waals surface area contributed by atoms with E-state index in [4.69, 9.17) is 0 Å². The van der Waals surface area contributed by atoms with Crippen molar-refractivity contribution in [1.29, 1.82) is 0 Å². The summed E-state index contributed by atoms with van der Waals surface area (Å²) in [6.07, 6.45) is -1.88. The van der Waals surface area contributed by atoms with Crippen molar-refractivity contribution in [2.24, 2.45) is 0 Å². The zero-order chi connectivity index (χ0) is 20.2. The highest BCUT2D eigenvalue weighted by atomic mass is 19.4. The third-order valence-corrected chi connectivity index (χ3v) is 3.68. The number of nitro benzene ring substituents is 1. The Morgan fingerprint density at radius 2 is 2.11 bits per heavy atom. The number of rotatable bonds is 7. The molecular weight excluding hydrogens is 367 g/mol. The van der Waals surface area contributed by atoms with Gasteiger partial charge < -0.3 is 9.88 Å². The number of benzene rings is 1. The molecule has 0 unspecified atom stereocenters. The van der Waals surface area contributed by atoms with E-state index >= 15 is 0 Å². The highest BCUT2D eigenvalue weighted by Crippen LogP contribution is 2.22. The highest BCUT2D eigenvalue weighted by molar-refractivity contribution is 5.93. The zero-order valence-electron chi connectivity index (χ0n) is 14.7. The lowest BCUT2D eigenvalue weighted by atomic mass is 10.2. The quantitative estimate of drug-likeness (QED) is 0.584. The van der Waals surface area contributed by atoms with Crippen LogP contribution in [0.4, 0.5) is 24.5 Å². The minimum Gasteiger partial charge on any atom is -0.325 e. The van der Waals surface area contributed by atoms with Gasteiger partial charge in [0, 0.05) is 24.5 Å². The molecule has 1 heterocycles. The third kappa shape index (κ3) is 6.06. The average molecular weight is 385 g/mol. The molecule has 0 aliphatic heterocycles. The third-order valence-electron chi connectivity index (χ3n) is 3.68. The minimum absolute atomic E-state index is 0.0322. The Bertz CT molecular complexity index is 835. The summed E-state index contributed by atoms with van der Waals surface area (Å²) >= 11 is 0. The average Bonchev–Trinajstić information content (AvgIpc) is 2.93. The van der Waals surface area contributed by atoms with Gasteiger partial charge in [0.15, 0.2) is 0 Å². The van der Waals surface area contributed by atoms with Crippen molar-refractivity contribution < 1.29 is 22.9 Å². The molecule has 1 N–H and O–H groups in total. The molecule has 2 rings (SSSR count). The van der Waals surface area contributed by atoms with E-state index in [1.165, 1.54) is 35.5 Å². The first-order valence-electron chi connectivity index (χ1n) is 7.85. The Balaban J connectivity index is 1.98. The Morgan fingerprint density at radius 1 is 1.41 bits per heavy atom. The fourth-order valence-corrected chi connectivity index (χ4v) is 2.42. The van der Waals surface area contributed by atoms with Gasteiger partial charge in [-0.15, -0.1) is 0 Å². The van der Waals surface area contributed by atoms with Crippen molar-refractivity contribution >= 4 is 17.3 Å². The van der Waals surface area contributed by atoms with E-state index in [2.05, 4.69) is 10.3 Å². The Labute approximate surface area is 152 Å². The number of halogens is 3. The molecule has 0 atom stereocenters. The monoisotopic (exact) mass is 385 g/mol. The summed E-state index contributed by atoms with van der Waals surface area (Å²) in [4.78, 5) is 27.8. The van der Waals surface area contributed by atoms with Crippen molar-refractivity contribution in [3.05, 3.63) is 52.1 Å². The Kier molecular flexibility index (Phi) is 6.16. The molecule has 0 saturated carbocycles. The van der Waals surface area contributed by atoms with Gasteiger partial charge in [-0.25, -0.2) is 4.98 Å². The van der Waals surface area contributed by atoms with E-state index in [-0.39, 0.29) is 24.6 Å². The second kappa shape index (κ2) is 8.16. The predicted octanol–water partition coefficient (Wildman–Crippen LogP) is 2.73. The van der Waals surface area contributed by atoms with Crippen LogP contribution in [-0.4, -0.2) is 45.1 Å². The molecule has 0 saturated heterocycles. The number of anilines is 1. The van der Waals surface area contributed by atoms with Gasteiger partial charge in [0.05, 0.1) is 23.7 Å². The number of nitro groups is 1. The molecule has 0 fully saturated rings. The van der Waals surface area contributed by atoms with Gasteiger partial charge in [0.25, 0.3) is 5.69 Å². The molecule has 146 valence electrons. The van der Waals surface area contributed by atoms with Crippen LogP contribution >= 0.6 is 0 Å². The first-order chi connectivity index (χ1) is 12.5. The maximum atomic E-state index is 12.5. The zero-order valence-corrected chi connectivity index (χ0v) is 14.7. The molecule has 0 bridgehead atoms. The van der Waals surface area contributed by atoms with Gasteiger partial charge in [-0.1, -0.05) is 6.07 Å². The molecular formula is C16H18F3N5O3. The van der Waals surface area contributed by atoms with Gasteiger partial charge in [-0.05, 0) is 19.5 Å². The summed E-state index contributed by atoms with van der Waals surface area (Å²) in [6, 6.07) is 4.10. The highest BCUT2D eigenvalue weighted by Gasteiger charge is 2.29. The van der Waals surface area contributed by atoms with Crippen LogP contribution in [0.15, 0.2) is 30.6 Å². The molecule has 0 aliphatic rings. The lowest BCUT2D eigenvalue weighted by molar-refractivity contribution is -0.384. The molecule has 1 amide bonds. The smallest absolute Gasteiger partial charge is 0.325 e. The van der Waals surface area contributed by atoms with Gasteiger partial charge in [0.1, 0.15) is 12.4 Å². The van der Waals surface area contributed by atoms with Crippen LogP contribution in [0, 0.1) is 17.0 Å². The van der Waals surface area contributed by atoms with Crippen molar-refractivity contribution in [2.75, 3.05) is 18.9 Å². The topological polar surface area (TPSA) is 93.3 Å². The number of likely N-dealkylation sites (N-methyl/N-ethyl adjacent to an activating group) is 1. The Morgan fingerprint density at radius 3 is 2.74 bits per heavy atom. The number of non-ortho nitro benzene ring substituents is 1. The summed E-state index contributed by atoms with van der Waals surface area (Å²) in [5, 5.41) is 13.4. The van der Waals surface area contributed by atoms with Crippen LogP contribution in [0.3, 0.4) is 0 Å². The van der Waals surface area contributed by atoms with Crippen molar-refractivity contribution in [3.63, 3.8) is 0 Å². The minimum atomic E-state index is -4.37. The van der Waals surface area contributed by atoms with E-state index in [1.54, 1.807) is 14.0 Å². The number of aromatic nitrogens is 2. The fourth-order valence-electron chi connectivity index (χ4n) is 2.42. The van der Waals surface area contributed by atoms with E-state index in [0.717, 1.165) is 4.57 Å². The number of imidazole rings is 1. The first kappa shape index (κ1) is 20.4. The lowest BCUT2D eigenvalue weighted by Crippen LogP contribution is -2.31. The molecule has 0 spiro atoms. The van der Waals surface area contributed by atoms with Crippen LogP contribution in [0.2, 0.25) is 0 Å². The molecule has 8 nitrogen and oxygen atoms in total. The number of amides is 1. The number of carbonyl (C=O) groups excluding carboxylic acids is 1. The SMILES string of the molecule is Cc1ccc([N+](=O)[O-])cc1NC(=O)CN(C)Cc1nccn1CC(F)(F)F. The number of alkyl halides is 3. The van der Waals surface area contributed by atoms with E-state index in [1.807, 2.05) is 0 Å². The maximum absolute atomic E-state index is 12.5. The molecule has 0 radical (unpaired) electrons. The molecule has 2 aromatic rings. The molecule has 11 heteroatoms. The van der Waals surface area contributed by atoms with Crippen molar-refractivity contribution in [2.45, 2.75) is 26.2 Å². The predicted molar refractivity (Wildman–Crippen MR) is 91.1 cm³/mol. The summed E-state index contributed by atoms with van der Waals surface area (Å²) in [6.45, 7) is 0.442. The van der Waals surface area contributed by atoms with Crippen LogP contribution < -0.4 is 5.32 Å². The Hall–Kier alpha value is -2.95.